The highest BCUT2D eigenvalue weighted by molar-refractivity contribution is 6.31. The van der Waals surface area contributed by atoms with Gasteiger partial charge in [-0.3, -0.25) is 4.68 Å². The molecule has 1 N–H and O–H groups in total. The lowest BCUT2D eigenvalue weighted by atomic mass is 10.2. The summed E-state index contributed by atoms with van der Waals surface area (Å²) in [4.78, 5) is 2.15. The molecule has 104 valence electrons. The second-order valence-electron chi connectivity index (χ2n) is 5.31. The topological polar surface area (TPSA) is 33.1 Å². The van der Waals surface area contributed by atoms with Crippen LogP contribution in [0.4, 0.5) is 0 Å². The molecule has 0 spiro atoms. The molecule has 0 unspecified atom stereocenters. The lowest BCUT2D eigenvalue weighted by Gasteiger charge is -2.13. The average Bonchev–Trinajstić information content (AvgIpc) is 2.63. The van der Waals surface area contributed by atoms with Crippen molar-refractivity contribution in [1.82, 2.24) is 20.0 Å². The van der Waals surface area contributed by atoms with Gasteiger partial charge in [-0.1, -0.05) is 25.4 Å². The third kappa shape index (κ3) is 5.38. The standard InChI is InChI=1S/C13H25ClN4/c1-11(2)9-15-6-5-13-12(14)10-16-18(13)8-7-17(3)4/h10-11,15H,5-9H2,1-4H3. The van der Waals surface area contributed by atoms with Gasteiger partial charge in [-0.15, -0.1) is 0 Å². The van der Waals surface area contributed by atoms with E-state index in [-0.39, 0.29) is 0 Å². The van der Waals surface area contributed by atoms with Crippen molar-refractivity contribution < 1.29 is 0 Å². The third-order valence-corrected chi connectivity index (χ3v) is 3.06. The number of halogens is 1. The second-order valence-corrected chi connectivity index (χ2v) is 5.72. The maximum atomic E-state index is 6.18. The first-order valence-corrected chi connectivity index (χ1v) is 6.94. The van der Waals surface area contributed by atoms with Crippen molar-refractivity contribution in [3.05, 3.63) is 16.9 Å². The lowest BCUT2D eigenvalue weighted by Crippen LogP contribution is -2.24. The van der Waals surface area contributed by atoms with E-state index in [0.717, 1.165) is 43.3 Å². The van der Waals surface area contributed by atoms with Crippen LogP contribution >= 0.6 is 11.6 Å². The molecular formula is C13H25ClN4. The van der Waals surface area contributed by atoms with Gasteiger partial charge in [-0.2, -0.15) is 5.10 Å². The Hall–Kier alpha value is -0.580. The molecule has 18 heavy (non-hydrogen) atoms. The van der Waals surface area contributed by atoms with Gasteiger partial charge in [0.15, 0.2) is 0 Å². The first-order chi connectivity index (χ1) is 8.50. The highest BCUT2D eigenvalue weighted by Gasteiger charge is 2.08. The molecule has 1 rings (SSSR count). The van der Waals surface area contributed by atoms with Crippen LogP contribution in [-0.4, -0.2) is 48.4 Å². The lowest BCUT2D eigenvalue weighted by molar-refractivity contribution is 0.369. The number of hydrogen-bond acceptors (Lipinski definition) is 3. The van der Waals surface area contributed by atoms with Gasteiger partial charge in [-0.25, -0.2) is 0 Å². The Bertz CT molecular complexity index is 347. The van der Waals surface area contributed by atoms with Gasteiger partial charge in [0.25, 0.3) is 0 Å². The summed E-state index contributed by atoms with van der Waals surface area (Å²) >= 11 is 6.18. The number of hydrogen-bond donors (Lipinski definition) is 1. The van der Waals surface area contributed by atoms with Crippen LogP contribution < -0.4 is 5.32 Å². The number of rotatable bonds is 8. The number of aromatic nitrogens is 2. The molecule has 1 aromatic rings. The van der Waals surface area contributed by atoms with Gasteiger partial charge in [0.2, 0.25) is 0 Å². The van der Waals surface area contributed by atoms with E-state index in [1.165, 1.54) is 0 Å². The van der Waals surface area contributed by atoms with E-state index in [2.05, 4.69) is 43.3 Å². The van der Waals surface area contributed by atoms with E-state index in [4.69, 9.17) is 11.6 Å². The Balaban J connectivity index is 2.45. The zero-order valence-electron chi connectivity index (χ0n) is 11.9. The summed E-state index contributed by atoms with van der Waals surface area (Å²) in [5.74, 6) is 0.680. The van der Waals surface area contributed by atoms with E-state index >= 15 is 0 Å². The molecule has 1 heterocycles. The van der Waals surface area contributed by atoms with Gasteiger partial charge in [-0.05, 0) is 26.6 Å². The predicted octanol–water partition coefficient (Wildman–Crippen LogP) is 1.89. The van der Waals surface area contributed by atoms with Crippen LogP contribution in [0.15, 0.2) is 6.20 Å². The molecule has 0 aromatic carbocycles. The first kappa shape index (κ1) is 15.5. The second kappa shape index (κ2) is 7.77. The smallest absolute Gasteiger partial charge is 0.0818 e. The molecule has 0 bridgehead atoms. The Kier molecular flexibility index (Phi) is 6.68. The normalized spacial score (nSPS) is 11.7. The van der Waals surface area contributed by atoms with E-state index in [0.29, 0.717) is 5.92 Å². The number of nitrogens with zero attached hydrogens (tertiary/aromatic N) is 3. The minimum Gasteiger partial charge on any atom is -0.316 e. The molecule has 0 aliphatic carbocycles. The molecule has 0 atom stereocenters. The molecule has 5 heteroatoms. The summed E-state index contributed by atoms with van der Waals surface area (Å²) in [7, 11) is 4.13. The Labute approximate surface area is 115 Å². The molecule has 0 amide bonds. The van der Waals surface area contributed by atoms with Crippen molar-refractivity contribution in [2.75, 3.05) is 33.7 Å². The maximum absolute atomic E-state index is 6.18. The van der Waals surface area contributed by atoms with Crippen molar-refractivity contribution >= 4 is 11.6 Å². The molecule has 1 aromatic heterocycles. The fraction of sp³-hybridized carbons (Fsp3) is 0.769. The van der Waals surface area contributed by atoms with Crippen LogP contribution in [0.5, 0.6) is 0 Å². The van der Waals surface area contributed by atoms with Crippen LogP contribution in [0.25, 0.3) is 0 Å². The first-order valence-electron chi connectivity index (χ1n) is 6.56. The van der Waals surface area contributed by atoms with Gasteiger partial charge < -0.3 is 10.2 Å². The van der Waals surface area contributed by atoms with Gasteiger partial charge in [0.1, 0.15) is 0 Å². The molecule has 0 saturated carbocycles. The van der Waals surface area contributed by atoms with E-state index < -0.39 is 0 Å². The minimum absolute atomic E-state index is 0.680. The van der Waals surface area contributed by atoms with Crippen LogP contribution in [0.2, 0.25) is 5.02 Å². The quantitative estimate of drug-likeness (QED) is 0.734. The highest BCUT2D eigenvalue weighted by Crippen LogP contribution is 2.15. The largest absolute Gasteiger partial charge is 0.316 e. The Morgan fingerprint density at radius 2 is 2.17 bits per heavy atom. The average molecular weight is 273 g/mol. The third-order valence-electron chi connectivity index (χ3n) is 2.75. The van der Waals surface area contributed by atoms with Crippen molar-refractivity contribution in [1.29, 1.82) is 0 Å². The molecule has 0 radical (unpaired) electrons. The molecule has 0 aliphatic rings. The van der Waals surface area contributed by atoms with Crippen LogP contribution in [-0.2, 0) is 13.0 Å². The summed E-state index contributed by atoms with van der Waals surface area (Å²) in [5.41, 5.74) is 1.13. The van der Waals surface area contributed by atoms with E-state index in [9.17, 15) is 0 Å². The van der Waals surface area contributed by atoms with Crippen molar-refractivity contribution in [2.45, 2.75) is 26.8 Å². The molecular weight excluding hydrogens is 248 g/mol. The summed E-state index contributed by atoms with van der Waals surface area (Å²) < 4.78 is 2.01. The van der Waals surface area contributed by atoms with Crippen LogP contribution in [0, 0.1) is 5.92 Å². The van der Waals surface area contributed by atoms with E-state index in [1.54, 1.807) is 6.20 Å². The Morgan fingerprint density at radius 1 is 1.44 bits per heavy atom. The van der Waals surface area contributed by atoms with Crippen molar-refractivity contribution in [2.24, 2.45) is 5.92 Å². The SMILES string of the molecule is CC(C)CNCCc1c(Cl)cnn1CCN(C)C. The fourth-order valence-electron chi connectivity index (χ4n) is 1.72. The number of nitrogens with one attached hydrogen (secondary N) is 1. The summed E-state index contributed by atoms with van der Waals surface area (Å²) in [6, 6.07) is 0. The van der Waals surface area contributed by atoms with Gasteiger partial charge >= 0.3 is 0 Å². The van der Waals surface area contributed by atoms with Crippen LogP contribution in [0.1, 0.15) is 19.5 Å². The Morgan fingerprint density at radius 3 is 2.78 bits per heavy atom. The number of likely N-dealkylation sites (N-methyl/N-ethyl adjacent to an activating group) is 1. The van der Waals surface area contributed by atoms with Gasteiger partial charge in [0.05, 0.1) is 23.5 Å². The summed E-state index contributed by atoms with van der Waals surface area (Å²) in [6.45, 7) is 8.28. The molecule has 0 saturated heterocycles. The molecule has 0 fully saturated rings. The fourth-order valence-corrected chi connectivity index (χ4v) is 1.96. The molecule has 4 nitrogen and oxygen atoms in total. The van der Waals surface area contributed by atoms with Crippen LogP contribution in [0.3, 0.4) is 0 Å². The predicted molar refractivity (Wildman–Crippen MR) is 77.2 cm³/mol. The maximum Gasteiger partial charge on any atom is 0.0818 e. The summed E-state index contributed by atoms with van der Waals surface area (Å²) in [6.07, 6.45) is 2.67. The molecule has 0 aliphatic heterocycles. The monoisotopic (exact) mass is 272 g/mol. The highest BCUT2D eigenvalue weighted by atomic mass is 35.5. The van der Waals surface area contributed by atoms with E-state index in [1.807, 2.05) is 4.68 Å². The van der Waals surface area contributed by atoms with Crippen molar-refractivity contribution in [3.8, 4) is 0 Å². The van der Waals surface area contributed by atoms with Gasteiger partial charge in [0, 0.05) is 19.5 Å². The summed E-state index contributed by atoms with van der Waals surface area (Å²) in [5, 5.41) is 8.54. The minimum atomic E-state index is 0.680. The zero-order valence-corrected chi connectivity index (χ0v) is 12.7. The van der Waals surface area contributed by atoms with Crippen molar-refractivity contribution in [3.63, 3.8) is 0 Å². The zero-order chi connectivity index (χ0) is 13.5.